The molecule has 1 aromatic carbocycles. The smallest absolute Gasteiger partial charge is 0.227 e. The summed E-state index contributed by atoms with van der Waals surface area (Å²) in [6.45, 7) is 2.11. The number of rotatable bonds is 5. The maximum Gasteiger partial charge on any atom is 0.227 e. The van der Waals surface area contributed by atoms with Crippen LogP contribution in [0, 0.1) is 0 Å². The summed E-state index contributed by atoms with van der Waals surface area (Å²) in [6, 6.07) is 9.26. The predicted molar refractivity (Wildman–Crippen MR) is 71.1 cm³/mol. The van der Waals surface area contributed by atoms with E-state index >= 15 is 0 Å². The molecule has 1 aromatic heterocycles. The van der Waals surface area contributed by atoms with E-state index in [1.54, 1.807) is 0 Å². The van der Waals surface area contributed by atoms with Crippen LogP contribution in [0.5, 0.6) is 5.75 Å². The van der Waals surface area contributed by atoms with Crippen LogP contribution in [0.4, 0.5) is 0 Å². The molecular weight excluding hydrogens is 244 g/mol. The van der Waals surface area contributed by atoms with Crippen LogP contribution in [0.3, 0.4) is 0 Å². The highest BCUT2D eigenvalue weighted by molar-refractivity contribution is 5.23. The van der Waals surface area contributed by atoms with Crippen LogP contribution < -0.4 is 10.2 Å². The van der Waals surface area contributed by atoms with Gasteiger partial charge in [-0.2, -0.15) is 0 Å². The largest absolute Gasteiger partial charge is 0.482 e. The van der Waals surface area contributed by atoms with E-state index in [0.29, 0.717) is 6.61 Å². The van der Waals surface area contributed by atoms with Gasteiger partial charge in [0.05, 0.1) is 0 Å². The van der Waals surface area contributed by atoms with Gasteiger partial charge in [0.1, 0.15) is 25.2 Å². The maximum absolute atomic E-state index is 11.6. The average molecular weight is 260 g/mol. The normalized spacial score (nSPS) is 10.4. The molecule has 1 heterocycles. The van der Waals surface area contributed by atoms with Crippen molar-refractivity contribution in [1.82, 2.24) is 0 Å². The summed E-state index contributed by atoms with van der Waals surface area (Å²) in [4.78, 5) is 11.6. The summed E-state index contributed by atoms with van der Waals surface area (Å²) in [6.07, 6.45) is 2.22. The highest BCUT2D eigenvalue weighted by Gasteiger charge is 2.04. The van der Waals surface area contributed by atoms with Crippen LogP contribution in [-0.4, -0.2) is 5.11 Å². The lowest BCUT2D eigenvalue weighted by molar-refractivity contribution is 0.236. The lowest BCUT2D eigenvalue weighted by Crippen LogP contribution is -2.08. The molecule has 1 N–H and O–H groups in total. The van der Waals surface area contributed by atoms with E-state index in [2.05, 4.69) is 6.92 Å². The van der Waals surface area contributed by atoms with Gasteiger partial charge in [-0.15, -0.1) is 0 Å². The highest BCUT2D eigenvalue weighted by atomic mass is 16.5. The van der Waals surface area contributed by atoms with Crippen LogP contribution in [0.25, 0.3) is 0 Å². The van der Waals surface area contributed by atoms with Crippen LogP contribution in [0.1, 0.15) is 23.8 Å². The SMILES string of the molecule is CCc1ccc(COc2coc(CO)cc2=O)cc1. The summed E-state index contributed by atoms with van der Waals surface area (Å²) >= 11 is 0. The van der Waals surface area contributed by atoms with Crippen LogP contribution in [0.2, 0.25) is 0 Å². The van der Waals surface area contributed by atoms with E-state index in [4.69, 9.17) is 14.3 Å². The Morgan fingerprint density at radius 1 is 1.21 bits per heavy atom. The van der Waals surface area contributed by atoms with Gasteiger partial charge in [-0.25, -0.2) is 0 Å². The maximum atomic E-state index is 11.6. The zero-order valence-corrected chi connectivity index (χ0v) is 10.8. The first-order valence-corrected chi connectivity index (χ1v) is 6.16. The van der Waals surface area contributed by atoms with E-state index in [0.717, 1.165) is 12.0 Å². The predicted octanol–water partition coefficient (Wildman–Crippen LogP) is 2.27. The molecule has 100 valence electrons. The molecule has 0 saturated carbocycles. The van der Waals surface area contributed by atoms with Crippen molar-refractivity contribution in [3.05, 3.63) is 63.7 Å². The van der Waals surface area contributed by atoms with E-state index in [1.807, 2.05) is 24.3 Å². The van der Waals surface area contributed by atoms with Gasteiger partial charge < -0.3 is 14.3 Å². The molecule has 0 spiro atoms. The summed E-state index contributed by atoms with van der Waals surface area (Å²) in [7, 11) is 0. The molecule has 4 heteroatoms. The molecule has 0 atom stereocenters. The molecule has 0 aliphatic heterocycles. The summed E-state index contributed by atoms with van der Waals surface area (Å²) in [5, 5.41) is 8.84. The molecule has 0 radical (unpaired) electrons. The minimum absolute atomic E-state index is 0.150. The third-order valence-electron chi connectivity index (χ3n) is 2.83. The van der Waals surface area contributed by atoms with Gasteiger partial charge in [-0.3, -0.25) is 4.79 Å². The van der Waals surface area contributed by atoms with Crippen molar-refractivity contribution >= 4 is 0 Å². The second-order valence-electron chi connectivity index (χ2n) is 4.19. The Morgan fingerprint density at radius 3 is 2.47 bits per heavy atom. The first-order valence-electron chi connectivity index (χ1n) is 6.16. The number of aryl methyl sites for hydroxylation is 1. The van der Waals surface area contributed by atoms with Crippen molar-refractivity contribution < 1.29 is 14.3 Å². The number of aliphatic hydroxyl groups excluding tert-OH is 1. The summed E-state index contributed by atoms with van der Waals surface area (Å²) in [5.74, 6) is 0.376. The number of aliphatic hydroxyl groups is 1. The summed E-state index contributed by atoms with van der Waals surface area (Å²) < 4.78 is 10.4. The molecule has 0 amide bonds. The van der Waals surface area contributed by atoms with Gasteiger partial charge >= 0.3 is 0 Å². The minimum atomic E-state index is -0.298. The molecule has 4 nitrogen and oxygen atoms in total. The zero-order valence-electron chi connectivity index (χ0n) is 10.8. The molecule has 0 saturated heterocycles. The van der Waals surface area contributed by atoms with Crippen molar-refractivity contribution in [1.29, 1.82) is 0 Å². The Kier molecular flexibility index (Phi) is 4.36. The van der Waals surface area contributed by atoms with Crippen LogP contribution >= 0.6 is 0 Å². The third-order valence-corrected chi connectivity index (χ3v) is 2.83. The second-order valence-corrected chi connectivity index (χ2v) is 4.19. The Labute approximate surface area is 111 Å². The van der Waals surface area contributed by atoms with Crippen molar-refractivity contribution in [2.24, 2.45) is 0 Å². The topological polar surface area (TPSA) is 59.7 Å². The van der Waals surface area contributed by atoms with Gasteiger partial charge in [0.25, 0.3) is 0 Å². The zero-order chi connectivity index (χ0) is 13.7. The number of hydrogen-bond acceptors (Lipinski definition) is 4. The van der Waals surface area contributed by atoms with Crippen molar-refractivity contribution in [2.45, 2.75) is 26.6 Å². The molecule has 19 heavy (non-hydrogen) atoms. The molecule has 0 bridgehead atoms. The highest BCUT2D eigenvalue weighted by Crippen LogP contribution is 2.10. The Balaban J connectivity index is 2.03. The minimum Gasteiger partial charge on any atom is -0.482 e. The van der Waals surface area contributed by atoms with Gasteiger partial charge in [0.15, 0.2) is 0 Å². The monoisotopic (exact) mass is 260 g/mol. The first kappa shape index (κ1) is 13.4. The summed E-state index contributed by atoms with van der Waals surface area (Å²) in [5.41, 5.74) is 1.96. The molecule has 2 aromatic rings. The molecule has 0 aliphatic carbocycles. The second kappa shape index (κ2) is 6.20. The van der Waals surface area contributed by atoms with E-state index in [1.165, 1.54) is 17.9 Å². The quantitative estimate of drug-likeness (QED) is 0.896. The molecule has 2 rings (SSSR count). The third kappa shape index (κ3) is 3.45. The lowest BCUT2D eigenvalue weighted by atomic mass is 10.1. The van der Waals surface area contributed by atoms with Crippen molar-refractivity contribution in [3.63, 3.8) is 0 Å². The molecular formula is C15H16O4. The standard InChI is InChI=1S/C15H16O4/c1-2-11-3-5-12(6-4-11)9-19-15-10-18-13(8-16)7-14(15)17/h3-7,10,16H,2,8-9H2,1H3. The van der Waals surface area contributed by atoms with Crippen LogP contribution in [0.15, 0.2) is 45.8 Å². The first-order chi connectivity index (χ1) is 9.22. The van der Waals surface area contributed by atoms with Gasteiger partial charge in [0.2, 0.25) is 11.2 Å². The number of hydrogen-bond donors (Lipinski definition) is 1. The molecule has 0 fully saturated rings. The van der Waals surface area contributed by atoms with E-state index < -0.39 is 0 Å². The van der Waals surface area contributed by atoms with E-state index in [9.17, 15) is 4.79 Å². The average Bonchev–Trinajstić information content (AvgIpc) is 2.46. The molecule has 0 aliphatic rings. The molecule has 0 unspecified atom stereocenters. The fourth-order valence-corrected chi connectivity index (χ4v) is 1.66. The van der Waals surface area contributed by atoms with Crippen LogP contribution in [-0.2, 0) is 19.6 Å². The number of ether oxygens (including phenoxy) is 1. The Bertz CT molecular complexity index is 584. The van der Waals surface area contributed by atoms with Gasteiger partial charge in [0, 0.05) is 6.07 Å². The van der Waals surface area contributed by atoms with Gasteiger partial charge in [-0.05, 0) is 17.5 Å². The van der Waals surface area contributed by atoms with Crippen molar-refractivity contribution in [3.8, 4) is 5.75 Å². The fourth-order valence-electron chi connectivity index (χ4n) is 1.66. The Hall–Kier alpha value is -2.07. The van der Waals surface area contributed by atoms with Gasteiger partial charge in [-0.1, -0.05) is 31.2 Å². The Morgan fingerprint density at radius 2 is 1.89 bits per heavy atom. The van der Waals surface area contributed by atoms with Crippen molar-refractivity contribution in [2.75, 3.05) is 0 Å². The number of benzene rings is 1. The fraction of sp³-hybridized carbons (Fsp3) is 0.267. The lowest BCUT2D eigenvalue weighted by Gasteiger charge is -2.06. The van der Waals surface area contributed by atoms with E-state index in [-0.39, 0.29) is 23.5 Å².